The standard InChI is InChI=1S/C32H26ClN5O3/c1-2-40-30-17-27-25(16-28(30)38-31(39)14-21-8-4-3-5-9-21)32(22(18-34)19-36-27)37-23-11-12-29(26(33)15-23)41-20-24-10-6-7-13-35-24/h3-13,15-17,19H,2,14,20H2,1H3,(H,36,37)(H,38,39). The first-order valence-electron chi connectivity index (χ1n) is 13.0. The molecule has 1 amide bonds. The Hall–Kier alpha value is -5.13. The number of rotatable bonds is 10. The molecular formula is C32H26ClN5O3. The van der Waals surface area contributed by atoms with E-state index in [4.69, 9.17) is 21.1 Å². The molecule has 204 valence electrons. The first-order chi connectivity index (χ1) is 20.0. The van der Waals surface area contributed by atoms with Gasteiger partial charge in [-0.05, 0) is 48.9 Å². The number of nitriles is 1. The van der Waals surface area contributed by atoms with Gasteiger partial charge in [0.05, 0.1) is 46.2 Å². The predicted molar refractivity (Wildman–Crippen MR) is 160 cm³/mol. The molecule has 0 aliphatic carbocycles. The molecule has 0 atom stereocenters. The lowest BCUT2D eigenvalue weighted by molar-refractivity contribution is -0.115. The van der Waals surface area contributed by atoms with Gasteiger partial charge in [-0.2, -0.15) is 5.26 Å². The van der Waals surface area contributed by atoms with E-state index in [0.29, 0.717) is 56.7 Å². The number of anilines is 3. The largest absolute Gasteiger partial charge is 0.492 e. The highest BCUT2D eigenvalue weighted by atomic mass is 35.5. The van der Waals surface area contributed by atoms with Gasteiger partial charge in [0.2, 0.25) is 5.91 Å². The zero-order valence-electron chi connectivity index (χ0n) is 22.2. The first kappa shape index (κ1) is 27.4. The van der Waals surface area contributed by atoms with E-state index < -0.39 is 0 Å². The van der Waals surface area contributed by atoms with E-state index in [1.165, 1.54) is 6.20 Å². The van der Waals surface area contributed by atoms with Crippen LogP contribution >= 0.6 is 11.6 Å². The number of hydrogen-bond donors (Lipinski definition) is 2. The maximum Gasteiger partial charge on any atom is 0.228 e. The summed E-state index contributed by atoms with van der Waals surface area (Å²) in [6.07, 6.45) is 3.41. The van der Waals surface area contributed by atoms with Gasteiger partial charge >= 0.3 is 0 Å². The summed E-state index contributed by atoms with van der Waals surface area (Å²) in [5.41, 5.74) is 4.25. The summed E-state index contributed by atoms with van der Waals surface area (Å²) in [6.45, 7) is 2.55. The fraction of sp³-hybridized carbons (Fsp3) is 0.125. The number of carbonyl (C=O) groups excluding carboxylic acids is 1. The van der Waals surface area contributed by atoms with Crippen molar-refractivity contribution < 1.29 is 14.3 Å². The Bertz CT molecular complexity index is 1720. The third-order valence-corrected chi connectivity index (χ3v) is 6.47. The summed E-state index contributed by atoms with van der Waals surface area (Å²) in [5.74, 6) is 0.804. The van der Waals surface area contributed by atoms with Crippen molar-refractivity contribution in [3.05, 3.63) is 113 Å². The van der Waals surface area contributed by atoms with Crippen molar-refractivity contribution in [3.8, 4) is 17.6 Å². The maximum atomic E-state index is 12.9. The lowest BCUT2D eigenvalue weighted by Crippen LogP contribution is -2.15. The summed E-state index contributed by atoms with van der Waals surface area (Å²) in [4.78, 5) is 21.6. The molecule has 0 saturated heterocycles. The first-order valence-corrected chi connectivity index (χ1v) is 13.3. The Labute approximate surface area is 242 Å². The Balaban J connectivity index is 1.44. The van der Waals surface area contributed by atoms with E-state index in [1.54, 1.807) is 30.5 Å². The molecule has 0 spiro atoms. The number of benzene rings is 3. The summed E-state index contributed by atoms with van der Waals surface area (Å²) in [7, 11) is 0. The Morgan fingerprint density at radius 3 is 2.54 bits per heavy atom. The highest BCUT2D eigenvalue weighted by Crippen LogP contribution is 2.37. The van der Waals surface area contributed by atoms with Crippen LogP contribution in [0.15, 0.2) is 91.3 Å². The molecule has 8 nitrogen and oxygen atoms in total. The van der Waals surface area contributed by atoms with Crippen molar-refractivity contribution in [1.82, 2.24) is 9.97 Å². The number of nitrogens with zero attached hydrogens (tertiary/aromatic N) is 3. The van der Waals surface area contributed by atoms with E-state index in [2.05, 4.69) is 26.7 Å². The molecule has 0 fully saturated rings. The highest BCUT2D eigenvalue weighted by Gasteiger charge is 2.16. The number of amides is 1. The molecule has 9 heteroatoms. The Morgan fingerprint density at radius 1 is 0.976 bits per heavy atom. The minimum atomic E-state index is -0.191. The lowest BCUT2D eigenvalue weighted by Gasteiger charge is -2.17. The second kappa shape index (κ2) is 12.8. The number of nitrogens with one attached hydrogen (secondary N) is 2. The van der Waals surface area contributed by atoms with Crippen LogP contribution in [0.3, 0.4) is 0 Å². The third-order valence-electron chi connectivity index (χ3n) is 6.17. The maximum absolute atomic E-state index is 12.9. The van der Waals surface area contributed by atoms with Crippen molar-refractivity contribution in [1.29, 1.82) is 5.26 Å². The van der Waals surface area contributed by atoms with Gasteiger partial charge in [-0.3, -0.25) is 14.8 Å². The van der Waals surface area contributed by atoms with Crippen LogP contribution in [0.4, 0.5) is 17.1 Å². The zero-order valence-corrected chi connectivity index (χ0v) is 23.0. The quantitative estimate of drug-likeness (QED) is 0.187. The number of hydrogen-bond acceptors (Lipinski definition) is 7. The van der Waals surface area contributed by atoms with Crippen LogP contribution in [0.5, 0.6) is 11.5 Å². The number of aromatic nitrogens is 2. The molecule has 41 heavy (non-hydrogen) atoms. The third kappa shape index (κ3) is 6.72. The van der Waals surface area contributed by atoms with E-state index in [-0.39, 0.29) is 18.9 Å². The van der Waals surface area contributed by atoms with Gasteiger partial charge in [0, 0.05) is 29.5 Å². The fourth-order valence-corrected chi connectivity index (χ4v) is 4.50. The van der Waals surface area contributed by atoms with Crippen LogP contribution in [0.2, 0.25) is 5.02 Å². The van der Waals surface area contributed by atoms with Crippen LogP contribution in [0.1, 0.15) is 23.7 Å². The van der Waals surface area contributed by atoms with Crippen LogP contribution < -0.4 is 20.1 Å². The number of carbonyl (C=O) groups is 1. The summed E-state index contributed by atoms with van der Waals surface area (Å²) in [6, 6.07) is 26.1. The van der Waals surface area contributed by atoms with Gasteiger partial charge in [-0.15, -0.1) is 0 Å². The molecule has 0 saturated carbocycles. The van der Waals surface area contributed by atoms with Crippen LogP contribution in [-0.4, -0.2) is 22.5 Å². The minimum absolute atomic E-state index is 0.191. The van der Waals surface area contributed by atoms with Gasteiger partial charge in [-0.1, -0.05) is 48.0 Å². The molecule has 5 rings (SSSR count). The smallest absolute Gasteiger partial charge is 0.228 e. The minimum Gasteiger partial charge on any atom is -0.492 e. The molecule has 0 aliphatic rings. The molecule has 0 bridgehead atoms. The van der Waals surface area contributed by atoms with Crippen molar-refractivity contribution in [2.45, 2.75) is 20.0 Å². The normalized spacial score (nSPS) is 10.6. The van der Waals surface area contributed by atoms with Crippen molar-refractivity contribution in [3.63, 3.8) is 0 Å². The lowest BCUT2D eigenvalue weighted by atomic mass is 10.1. The SMILES string of the molecule is CCOc1cc2ncc(C#N)c(Nc3ccc(OCc4ccccn4)c(Cl)c3)c2cc1NC(=O)Cc1ccccc1. The summed E-state index contributed by atoms with van der Waals surface area (Å²) >= 11 is 6.53. The van der Waals surface area contributed by atoms with Crippen LogP contribution in [0, 0.1) is 11.3 Å². The molecule has 0 radical (unpaired) electrons. The Morgan fingerprint density at radius 2 is 1.80 bits per heavy atom. The van der Waals surface area contributed by atoms with Crippen LogP contribution in [-0.2, 0) is 17.8 Å². The van der Waals surface area contributed by atoms with Gasteiger partial charge < -0.3 is 20.1 Å². The molecule has 2 N–H and O–H groups in total. The molecule has 2 heterocycles. The predicted octanol–water partition coefficient (Wildman–Crippen LogP) is 7.06. The molecule has 0 unspecified atom stereocenters. The highest BCUT2D eigenvalue weighted by molar-refractivity contribution is 6.32. The average Bonchev–Trinajstić information content (AvgIpc) is 2.98. The number of halogens is 1. The van der Waals surface area contributed by atoms with E-state index >= 15 is 0 Å². The van der Waals surface area contributed by atoms with Gasteiger partial charge in [0.15, 0.2) is 0 Å². The van der Waals surface area contributed by atoms with E-state index in [9.17, 15) is 10.1 Å². The van der Waals surface area contributed by atoms with Gasteiger partial charge in [-0.25, -0.2) is 0 Å². The molecule has 2 aromatic heterocycles. The number of pyridine rings is 2. The number of ether oxygens (including phenoxy) is 2. The fourth-order valence-electron chi connectivity index (χ4n) is 4.26. The zero-order chi connectivity index (χ0) is 28.6. The molecule has 0 aliphatic heterocycles. The van der Waals surface area contributed by atoms with Crippen LogP contribution in [0.25, 0.3) is 10.9 Å². The average molecular weight is 564 g/mol. The second-order valence-electron chi connectivity index (χ2n) is 9.05. The topological polar surface area (TPSA) is 109 Å². The van der Waals surface area contributed by atoms with E-state index in [0.717, 1.165) is 11.3 Å². The van der Waals surface area contributed by atoms with Crippen molar-refractivity contribution in [2.24, 2.45) is 0 Å². The van der Waals surface area contributed by atoms with Crippen molar-refractivity contribution >= 4 is 45.5 Å². The number of fused-ring (bicyclic) bond motifs is 1. The molecular weight excluding hydrogens is 538 g/mol. The molecule has 3 aromatic carbocycles. The summed E-state index contributed by atoms with van der Waals surface area (Å²) in [5, 5.41) is 17.2. The van der Waals surface area contributed by atoms with E-state index in [1.807, 2.05) is 61.5 Å². The monoisotopic (exact) mass is 563 g/mol. The second-order valence-corrected chi connectivity index (χ2v) is 9.45. The van der Waals surface area contributed by atoms with Gasteiger partial charge in [0.1, 0.15) is 24.2 Å². The Kier molecular flexibility index (Phi) is 8.58. The summed E-state index contributed by atoms with van der Waals surface area (Å²) < 4.78 is 11.7. The van der Waals surface area contributed by atoms with Crippen molar-refractivity contribution in [2.75, 3.05) is 17.2 Å². The molecule has 5 aromatic rings. The van der Waals surface area contributed by atoms with Gasteiger partial charge in [0.25, 0.3) is 0 Å².